The van der Waals surface area contributed by atoms with Crippen LogP contribution in [0.3, 0.4) is 0 Å². The summed E-state index contributed by atoms with van der Waals surface area (Å²) < 4.78 is 0. The normalized spacial score (nSPS) is 19.4. The lowest BCUT2D eigenvalue weighted by Crippen LogP contribution is -2.11. The Morgan fingerprint density at radius 2 is 2.31 bits per heavy atom. The Morgan fingerprint density at radius 3 is 3.00 bits per heavy atom. The topological polar surface area (TPSA) is 12.0 Å². The van der Waals surface area contributed by atoms with Gasteiger partial charge in [0.15, 0.2) is 0 Å². The predicted octanol–water partition coefficient (Wildman–Crippen LogP) is 3.34. The Hall–Kier alpha value is -0.690. The summed E-state index contributed by atoms with van der Waals surface area (Å²) in [5.41, 5.74) is 2.56. The molecule has 0 unspecified atom stereocenters. The highest BCUT2D eigenvalue weighted by atomic mass is 35.5. The first kappa shape index (κ1) is 10.4. The van der Waals surface area contributed by atoms with Gasteiger partial charge in [-0.05, 0) is 37.8 Å². The molecule has 0 atom stereocenters. The standard InChI is InChI=1S/C11H16ClN/c1-3-11(12)8-10-6-4-5-7-13-9(10)2/h3,8,13H,1,4-7H2,2H3/b11-8+. The lowest BCUT2D eigenvalue weighted by molar-refractivity contribution is 0.716. The Kier molecular flexibility index (Phi) is 4.10. The second-order valence-corrected chi connectivity index (χ2v) is 3.70. The Balaban J connectivity index is 2.79. The Morgan fingerprint density at radius 1 is 1.54 bits per heavy atom. The van der Waals surface area contributed by atoms with Crippen molar-refractivity contribution in [2.75, 3.05) is 6.54 Å². The van der Waals surface area contributed by atoms with Gasteiger partial charge >= 0.3 is 0 Å². The minimum Gasteiger partial charge on any atom is -0.388 e. The average molecular weight is 198 g/mol. The van der Waals surface area contributed by atoms with Crippen LogP contribution in [0.25, 0.3) is 0 Å². The molecule has 1 aliphatic rings. The van der Waals surface area contributed by atoms with Crippen molar-refractivity contribution in [1.29, 1.82) is 0 Å². The highest BCUT2D eigenvalue weighted by molar-refractivity contribution is 6.31. The van der Waals surface area contributed by atoms with E-state index in [0.29, 0.717) is 0 Å². The van der Waals surface area contributed by atoms with E-state index in [-0.39, 0.29) is 0 Å². The van der Waals surface area contributed by atoms with Crippen molar-refractivity contribution in [3.8, 4) is 0 Å². The third-order valence-corrected chi connectivity index (χ3v) is 2.52. The van der Waals surface area contributed by atoms with Crippen molar-refractivity contribution in [3.63, 3.8) is 0 Å². The van der Waals surface area contributed by atoms with Crippen LogP contribution in [-0.4, -0.2) is 6.54 Å². The molecule has 2 heteroatoms. The summed E-state index contributed by atoms with van der Waals surface area (Å²) in [6.45, 7) is 6.81. The van der Waals surface area contributed by atoms with Gasteiger partial charge in [-0.25, -0.2) is 0 Å². The monoisotopic (exact) mass is 197 g/mol. The zero-order chi connectivity index (χ0) is 9.68. The van der Waals surface area contributed by atoms with Crippen molar-refractivity contribution in [3.05, 3.63) is 35.0 Å². The van der Waals surface area contributed by atoms with Crippen molar-refractivity contribution < 1.29 is 0 Å². The second-order valence-electron chi connectivity index (χ2n) is 3.27. The van der Waals surface area contributed by atoms with E-state index >= 15 is 0 Å². The minimum absolute atomic E-state index is 0.720. The maximum absolute atomic E-state index is 5.90. The summed E-state index contributed by atoms with van der Waals surface area (Å²) in [5, 5.41) is 4.09. The van der Waals surface area contributed by atoms with E-state index in [9.17, 15) is 0 Å². The molecule has 0 saturated heterocycles. The molecule has 0 aliphatic carbocycles. The molecule has 0 aromatic rings. The van der Waals surface area contributed by atoms with Crippen LogP contribution in [0.4, 0.5) is 0 Å². The van der Waals surface area contributed by atoms with E-state index in [1.807, 2.05) is 6.08 Å². The number of hydrogen-bond acceptors (Lipinski definition) is 1. The number of rotatable bonds is 2. The van der Waals surface area contributed by atoms with Crippen LogP contribution in [0, 0.1) is 0 Å². The summed E-state index contributed by atoms with van der Waals surface area (Å²) in [6.07, 6.45) is 7.26. The summed E-state index contributed by atoms with van der Waals surface area (Å²) in [4.78, 5) is 0. The zero-order valence-corrected chi connectivity index (χ0v) is 8.82. The van der Waals surface area contributed by atoms with Gasteiger partial charge in [0.25, 0.3) is 0 Å². The number of halogens is 1. The Labute approximate surface area is 85.2 Å². The molecular formula is C11H16ClN. The van der Waals surface area contributed by atoms with E-state index in [1.54, 1.807) is 6.08 Å². The minimum atomic E-state index is 0.720. The quantitative estimate of drug-likeness (QED) is 0.670. The first-order valence-corrected chi connectivity index (χ1v) is 5.05. The first-order valence-electron chi connectivity index (χ1n) is 4.67. The molecule has 0 aromatic heterocycles. The van der Waals surface area contributed by atoms with Gasteiger partial charge in [0, 0.05) is 17.3 Å². The highest BCUT2D eigenvalue weighted by Gasteiger charge is 2.04. The maximum Gasteiger partial charge on any atom is 0.0403 e. The van der Waals surface area contributed by atoms with Gasteiger partial charge in [0.1, 0.15) is 0 Å². The van der Waals surface area contributed by atoms with Gasteiger partial charge < -0.3 is 5.32 Å². The van der Waals surface area contributed by atoms with E-state index in [4.69, 9.17) is 11.6 Å². The number of nitrogens with one attached hydrogen (secondary N) is 1. The summed E-state index contributed by atoms with van der Waals surface area (Å²) in [7, 11) is 0. The zero-order valence-electron chi connectivity index (χ0n) is 8.07. The fraction of sp³-hybridized carbons (Fsp3) is 0.455. The molecule has 0 aromatic carbocycles. The molecule has 0 amide bonds. The van der Waals surface area contributed by atoms with Crippen LogP contribution in [-0.2, 0) is 0 Å². The van der Waals surface area contributed by atoms with Crippen LogP contribution < -0.4 is 5.32 Å². The van der Waals surface area contributed by atoms with Gasteiger partial charge in [0.05, 0.1) is 0 Å². The molecule has 0 saturated carbocycles. The molecule has 0 fully saturated rings. The second kappa shape index (κ2) is 5.13. The highest BCUT2D eigenvalue weighted by Crippen LogP contribution is 2.19. The predicted molar refractivity (Wildman–Crippen MR) is 58.7 cm³/mol. The van der Waals surface area contributed by atoms with Gasteiger partial charge in [-0.2, -0.15) is 0 Å². The molecule has 13 heavy (non-hydrogen) atoms. The largest absolute Gasteiger partial charge is 0.388 e. The van der Waals surface area contributed by atoms with Crippen molar-refractivity contribution in [1.82, 2.24) is 5.32 Å². The first-order chi connectivity index (χ1) is 6.24. The number of allylic oxidation sites excluding steroid dienone is 5. The SMILES string of the molecule is C=C/C(Cl)=C\C1=C(C)NCCCC1. The molecule has 72 valence electrons. The lowest BCUT2D eigenvalue weighted by atomic mass is 10.1. The maximum atomic E-state index is 5.90. The van der Waals surface area contributed by atoms with Gasteiger partial charge in [-0.15, -0.1) is 0 Å². The van der Waals surface area contributed by atoms with Crippen LogP contribution in [0.15, 0.2) is 35.0 Å². The molecule has 0 spiro atoms. The Bertz CT molecular complexity index is 251. The van der Waals surface area contributed by atoms with E-state index in [0.717, 1.165) is 18.0 Å². The van der Waals surface area contributed by atoms with Crippen LogP contribution in [0.2, 0.25) is 0 Å². The summed E-state index contributed by atoms with van der Waals surface area (Å²) in [5.74, 6) is 0. The lowest BCUT2D eigenvalue weighted by Gasteiger charge is -2.05. The van der Waals surface area contributed by atoms with Crippen LogP contribution in [0.5, 0.6) is 0 Å². The van der Waals surface area contributed by atoms with Crippen LogP contribution >= 0.6 is 11.6 Å². The van der Waals surface area contributed by atoms with E-state index in [1.165, 1.54) is 24.1 Å². The summed E-state index contributed by atoms with van der Waals surface area (Å²) >= 11 is 5.90. The van der Waals surface area contributed by atoms with Crippen molar-refractivity contribution >= 4 is 11.6 Å². The molecule has 1 heterocycles. The van der Waals surface area contributed by atoms with Gasteiger partial charge in [-0.3, -0.25) is 0 Å². The third kappa shape index (κ3) is 3.27. The molecule has 0 radical (unpaired) electrons. The van der Waals surface area contributed by atoms with Gasteiger partial charge in [-0.1, -0.05) is 24.3 Å². The van der Waals surface area contributed by atoms with E-state index < -0.39 is 0 Å². The number of hydrogen-bond donors (Lipinski definition) is 1. The molecular weight excluding hydrogens is 182 g/mol. The van der Waals surface area contributed by atoms with Crippen molar-refractivity contribution in [2.45, 2.75) is 26.2 Å². The van der Waals surface area contributed by atoms with Crippen LogP contribution in [0.1, 0.15) is 26.2 Å². The molecule has 1 nitrogen and oxygen atoms in total. The van der Waals surface area contributed by atoms with Gasteiger partial charge in [0.2, 0.25) is 0 Å². The molecule has 1 rings (SSSR count). The molecule has 1 aliphatic heterocycles. The third-order valence-electron chi connectivity index (χ3n) is 2.25. The molecule has 1 N–H and O–H groups in total. The average Bonchev–Trinajstić information content (AvgIpc) is 2.32. The van der Waals surface area contributed by atoms with E-state index in [2.05, 4.69) is 18.8 Å². The summed E-state index contributed by atoms with van der Waals surface area (Å²) in [6, 6.07) is 0. The smallest absolute Gasteiger partial charge is 0.0403 e. The van der Waals surface area contributed by atoms with Crippen molar-refractivity contribution in [2.24, 2.45) is 0 Å². The fourth-order valence-electron chi connectivity index (χ4n) is 1.42. The molecule has 0 bridgehead atoms. The fourth-order valence-corrected chi connectivity index (χ4v) is 1.55.